The van der Waals surface area contributed by atoms with Crippen LogP contribution >= 0.6 is 0 Å². The lowest BCUT2D eigenvalue weighted by Crippen LogP contribution is -2.52. The molecule has 0 aromatic heterocycles. The molecule has 0 aliphatic heterocycles. The van der Waals surface area contributed by atoms with Crippen LogP contribution < -0.4 is 5.73 Å². The summed E-state index contributed by atoms with van der Waals surface area (Å²) in [7, 11) is 4.02. The smallest absolute Gasteiger partial charge is 0.240 e. The average Bonchev–Trinajstić information content (AvgIpc) is 2.16. The molecule has 96 valence electrons. The minimum Gasteiger partial charge on any atom is -0.338 e. The monoisotopic (exact) mass is 229 g/mol. The molecule has 0 heterocycles. The third-order valence-corrected chi connectivity index (χ3v) is 2.79. The van der Waals surface area contributed by atoms with Gasteiger partial charge >= 0.3 is 0 Å². The molecule has 4 heteroatoms. The van der Waals surface area contributed by atoms with Crippen LogP contribution in [0.15, 0.2) is 0 Å². The summed E-state index contributed by atoms with van der Waals surface area (Å²) in [4.78, 5) is 16.1. The van der Waals surface area contributed by atoms with E-state index in [9.17, 15) is 4.79 Å². The normalized spacial score (nSPS) is 15.3. The Morgan fingerprint density at radius 3 is 2.06 bits per heavy atom. The van der Waals surface area contributed by atoms with E-state index in [0.717, 1.165) is 6.54 Å². The summed E-state index contributed by atoms with van der Waals surface area (Å²) < 4.78 is 0. The molecule has 0 radical (unpaired) electrons. The number of likely N-dealkylation sites (N-methyl/N-ethyl adjacent to an activating group) is 2. The molecule has 0 fully saturated rings. The molecule has 16 heavy (non-hydrogen) atoms. The van der Waals surface area contributed by atoms with E-state index in [1.807, 2.05) is 39.8 Å². The van der Waals surface area contributed by atoms with Crippen LogP contribution in [0.2, 0.25) is 0 Å². The maximum Gasteiger partial charge on any atom is 0.240 e. The van der Waals surface area contributed by atoms with Crippen molar-refractivity contribution in [3.05, 3.63) is 0 Å². The van der Waals surface area contributed by atoms with Crippen LogP contribution in [0.1, 0.15) is 27.7 Å². The van der Waals surface area contributed by atoms with Crippen molar-refractivity contribution in [2.75, 3.05) is 27.2 Å². The molecule has 0 spiro atoms. The van der Waals surface area contributed by atoms with Crippen molar-refractivity contribution in [3.63, 3.8) is 0 Å². The molecule has 0 aliphatic carbocycles. The Morgan fingerprint density at radius 2 is 1.75 bits per heavy atom. The van der Waals surface area contributed by atoms with Crippen molar-refractivity contribution in [1.82, 2.24) is 9.80 Å². The van der Waals surface area contributed by atoms with Gasteiger partial charge in [0.15, 0.2) is 0 Å². The van der Waals surface area contributed by atoms with Crippen LogP contribution in [0.3, 0.4) is 0 Å². The third-order valence-electron chi connectivity index (χ3n) is 2.79. The summed E-state index contributed by atoms with van der Waals surface area (Å²) in [5.41, 5.74) is 5.90. The number of nitrogens with zero attached hydrogens (tertiary/aromatic N) is 2. The van der Waals surface area contributed by atoms with Gasteiger partial charge in [0, 0.05) is 19.1 Å². The fourth-order valence-electron chi connectivity index (χ4n) is 1.79. The third kappa shape index (κ3) is 4.49. The molecule has 0 saturated heterocycles. The predicted octanol–water partition coefficient (Wildman–Crippen LogP) is 0.768. The molecule has 0 saturated carbocycles. The first-order valence-electron chi connectivity index (χ1n) is 6.02. The van der Waals surface area contributed by atoms with Crippen LogP contribution in [-0.2, 0) is 4.79 Å². The van der Waals surface area contributed by atoms with Gasteiger partial charge in [0.25, 0.3) is 0 Å². The van der Waals surface area contributed by atoms with Crippen LogP contribution in [-0.4, -0.2) is 55.0 Å². The number of nitrogens with two attached hydrogens (primary N) is 1. The fourth-order valence-corrected chi connectivity index (χ4v) is 1.79. The summed E-state index contributed by atoms with van der Waals surface area (Å²) in [6.45, 7) is 9.60. The van der Waals surface area contributed by atoms with Crippen molar-refractivity contribution in [2.24, 2.45) is 11.7 Å². The molecule has 0 bridgehead atoms. The first kappa shape index (κ1) is 15.4. The van der Waals surface area contributed by atoms with E-state index in [4.69, 9.17) is 5.73 Å². The maximum atomic E-state index is 12.1. The zero-order valence-electron chi connectivity index (χ0n) is 11.5. The van der Waals surface area contributed by atoms with Crippen LogP contribution in [0, 0.1) is 5.92 Å². The zero-order chi connectivity index (χ0) is 12.9. The van der Waals surface area contributed by atoms with E-state index in [1.54, 1.807) is 0 Å². The Kier molecular flexibility index (Phi) is 6.60. The average molecular weight is 229 g/mol. The van der Waals surface area contributed by atoms with Gasteiger partial charge in [-0.1, -0.05) is 13.8 Å². The largest absolute Gasteiger partial charge is 0.338 e. The summed E-state index contributed by atoms with van der Waals surface area (Å²) in [6, 6.07) is -0.179. The molecule has 4 nitrogen and oxygen atoms in total. The number of carbonyl (C=O) groups is 1. The Labute approximate surface area is 99.8 Å². The van der Waals surface area contributed by atoms with E-state index >= 15 is 0 Å². The van der Waals surface area contributed by atoms with Crippen LogP contribution in [0.5, 0.6) is 0 Å². The second kappa shape index (κ2) is 6.86. The summed E-state index contributed by atoms with van der Waals surface area (Å²) >= 11 is 0. The van der Waals surface area contributed by atoms with Crippen molar-refractivity contribution in [3.8, 4) is 0 Å². The molecule has 0 aromatic carbocycles. The minimum atomic E-state index is -0.385. The molecule has 1 amide bonds. The molecule has 1 unspecified atom stereocenters. The number of hydrogen-bond donors (Lipinski definition) is 1. The second-order valence-electron chi connectivity index (χ2n) is 5.01. The fraction of sp³-hybridized carbons (Fsp3) is 0.917. The Bertz CT molecular complexity index is 216. The van der Waals surface area contributed by atoms with E-state index in [0.29, 0.717) is 6.54 Å². The van der Waals surface area contributed by atoms with Gasteiger partial charge < -0.3 is 15.5 Å². The lowest BCUT2D eigenvalue weighted by atomic mass is 10.0. The molecule has 0 rings (SSSR count). The zero-order valence-corrected chi connectivity index (χ0v) is 11.5. The minimum absolute atomic E-state index is 0.0619. The number of carbonyl (C=O) groups excluding carboxylic acids is 1. The summed E-state index contributed by atoms with van der Waals surface area (Å²) in [5.74, 6) is 0.250. The van der Waals surface area contributed by atoms with E-state index < -0.39 is 0 Å². The van der Waals surface area contributed by atoms with Gasteiger partial charge in [0.05, 0.1) is 6.04 Å². The Hall–Kier alpha value is -0.610. The molecule has 2 N–H and O–H groups in total. The number of amides is 1. The number of hydrogen-bond acceptors (Lipinski definition) is 3. The van der Waals surface area contributed by atoms with Gasteiger partial charge in [-0.15, -0.1) is 0 Å². The molecular formula is C12H27N3O. The number of rotatable bonds is 6. The first-order valence-corrected chi connectivity index (χ1v) is 6.02. The first-order chi connectivity index (χ1) is 7.31. The highest BCUT2D eigenvalue weighted by molar-refractivity contribution is 5.82. The summed E-state index contributed by atoms with van der Waals surface area (Å²) in [6.07, 6.45) is 0. The van der Waals surface area contributed by atoms with Crippen molar-refractivity contribution < 1.29 is 4.79 Å². The van der Waals surface area contributed by atoms with Gasteiger partial charge in [-0.05, 0) is 33.9 Å². The van der Waals surface area contributed by atoms with Crippen molar-refractivity contribution in [2.45, 2.75) is 39.8 Å². The van der Waals surface area contributed by atoms with Crippen LogP contribution in [0.4, 0.5) is 0 Å². The topological polar surface area (TPSA) is 49.6 Å². The van der Waals surface area contributed by atoms with Gasteiger partial charge in [0.2, 0.25) is 5.91 Å². The second-order valence-corrected chi connectivity index (χ2v) is 5.01. The maximum absolute atomic E-state index is 12.1. The lowest BCUT2D eigenvalue weighted by molar-refractivity contribution is -0.135. The van der Waals surface area contributed by atoms with E-state index in [-0.39, 0.29) is 23.9 Å². The van der Waals surface area contributed by atoms with E-state index in [1.165, 1.54) is 0 Å². The molecule has 0 aromatic rings. The summed E-state index contributed by atoms with van der Waals surface area (Å²) in [5, 5.41) is 0. The standard InChI is InChI=1S/C12H27N3O/c1-7-15(10(4)8-14(5)6)12(16)11(13)9(2)3/h9-11H,7-8,13H2,1-6H3/t10?,11-/m1/s1. The highest BCUT2D eigenvalue weighted by Gasteiger charge is 2.25. The molecule has 2 atom stereocenters. The predicted molar refractivity (Wildman–Crippen MR) is 68.2 cm³/mol. The Balaban J connectivity index is 4.53. The van der Waals surface area contributed by atoms with Crippen molar-refractivity contribution in [1.29, 1.82) is 0 Å². The molecule has 0 aliphatic rings. The van der Waals surface area contributed by atoms with Gasteiger partial charge in [0.1, 0.15) is 0 Å². The van der Waals surface area contributed by atoms with Gasteiger partial charge in [-0.2, -0.15) is 0 Å². The highest BCUT2D eigenvalue weighted by atomic mass is 16.2. The molecular weight excluding hydrogens is 202 g/mol. The van der Waals surface area contributed by atoms with Crippen molar-refractivity contribution >= 4 is 5.91 Å². The Morgan fingerprint density at radius 1 is 1.25 bits per heavy atom. The van der Waals surface area contributed by atoms with Crippen LogP contribution in [0.25, 0.3) is 0 Å². The lowest BCUT2D eigenvalue weighted by Gasteiger charge is -2.33. The quantitative estimate of drug-likeness (QED) is 0.732. The highest BCUT2D eigenvalue weighted by Crippen LogP contribution is 2.07. The van der Waals surface area contributed by atoms with Gasteiger partial charge in [-0.25, -0.2) is 0 Å². The van der Waals surface area contributed by atoms with E-state index in [2.05, 4.69) is 11.8 Å². The van der Waals surface area contributed by atoms with Gasteiger partial charge in [-0.3, -0.25) is 4.79 Å². The SMILES string of the molecule is CCN(C(=O)[C@H](N)C(C)C)C(C)CN(C)C.